The van der Waals surface area contributed by atoms with E-state index in [0.29, 0.717) is 5.76 Å². The number of furan rings is 1. The molecule has 0 aliphatic heterocycles. The molecule has 98 valence electrons. The molecule has 1 unspecified atom stereocenters. The van der Waals surface area contributed by atoms with Crippen molar-refractivity contribution >= 4 is 5.91 Å². The summed E-state index contributed by atoms with van der Waals surface area (Å²) in [6.07, 6.45) is 6.63. The number of rotatable bonds is 5. The van der Waals surface area contributed by atoms with Crippen LogP contribution in [0, 0.1) is 6.92 Å². The molecule has 1 rings (SSSR count). The second kappa shape index (κ2) is 6.21. The summed E-state index contributed by atoms with van der Waals surface area (Å²) in [5.41, 5.74) is -1.21. The summed E-state index contributed by atoms with van der Waals surface area (Å²) in [7, 11) is 0. The van der Waals surface area contributed by atoms with Crippen molar-refractivity contribution in [1.82, 2.24) is 5.32 Å². The molecule has 4 heteroatoms. The summed E-state index contributed by atoms with van der Waals surface area (Å²) in [4.78, 5) is 11.4. The van der Waals surface area contributed by atoms with Gasteiger partial charge in [0, 0.05) is 6.08 Å². The summed E-state index contributed by atoms with van der Waals surface area (Å²) in [6, 6.07) is 3.48. The molecule has 0 aliphatic carbocycles. The lowest BCUT2D eigenvalue weighted by Crippen LogP contribution is -2.37. The monoisotopic (exact) mass is 249 g/mol. The predicted molar refractivity (Wildman–Crippen MR) is 70.0 cm³/mol. The Morgan fingerprint density at radius 2 is 2.22 bits per heavy atom. The van der Waals surface area contributed by atoms with Gasteiger partial charge in [0.2, 0.25) is 5.91 Å². The first-order valence-electron chi connectivity index (χ1n) is 5.82. The lowest BCUT2D eigenvalue weighted by Gasteiger charge is -2.20. The van der Waals surface area contributed by atoms with Gasteiger partial charge in [-0.1, -0.05) is 18.2 Å². The van der Waals surface area contributed by atoms with E-state index < -0.39 is 5.60 Å². The van der Waals surface area contributed by atoms with Crippen LogP contribution in [-0.4, -0.2) is 17.6 Å². The van der Waals surface area contributed by atoms with Crippen LogP contribution in [0.5, 0.6) is 0 Å². The molecule has 1 aromatic heterocycles. The first-order valence-corrected chi connectivity index (χ1v) is 5.82. The standard InChI is InChI=1S/C14H19NO3/c1-4-5-6-7-13(16)15-10-14(3,17)12-9-8-11(2)18-12/h4-9,17H,10H2,1-3H3,(H,15,16). The third kappa shape index (κ3) is 4.22. The Morgan fingerprint density at radius 1 is 1.50 bits per heavy atom. The molecule has 0 aromatic carbocycles. The van der Waals surface area contributed by atoms with Gasteiger partial charge in [0.25, 0.3) is 0 Å². The molecule has 4 nitrogen and oxygen atoms in total. The molecule has 0 saturated heterocycles. The third-order valence-corrected chi connectivity index (χ3v) is 2.43. The highest BCUT2D eigenvalue weighted by Gasteiger charge is 2.26. The Labute approximate surface area is 107 Å². The molecule has 0 spiro atoms. The number of carbonyl (C=O) groups excluding carboxylic acids is 1. The summed E-state index contributed by atoms with van der Waals surface area (Å²) in [6.45, 7) is 5.37. The van der Waals surface area contributed by atoms with E-state index in [2.05, 4.69) is 5.32 Å². The van der Waals surface area contributed by atoms with E-state index in [0.717, 1.165) is 5.76 Å². The molecule has 0 fully saturated rings. The van der Waals surface area contributed by atoms with Crippen LogP contribution in [0.3, 0.4) is 0 Å². The van der Waals surface area contributed by atoms with Crippen molar-refractivity contribution in [1.29, 1.82) is 0 Å². The maximum absolute atomic E-state index is 11.4. The van der Waals surface area contributed by atoms with E-state index in [4.69, 9.17) is 4.42 Å². The number of aliphatic hydroxyl groups is 1. The van der Waals surface area contributed by atoms with Crippen LogP contribution < -0.4 is 5.32 Å². The smallest absolute Gasteiger partial charge is 0.244 e. The summed E-state index contributed by atoms with van der Waals surface area (Å²) >= 11 is 0. The molecule has 0 bridgehead atoms. The Morgan fingerprint density at radius 3 is 2.78 bits per heavy atom. The molecular formula is C14H19NO3. The van der Waals surface area contributed by atoms with E-state index in [9.17, 15) is 9.90 Å². The molecule has 1 heterocycles. The fourth-order valence-electron chi connectivity index (χ4n) is 1.38. The zero-order valence-corrected chi connectivity index (χ0v) is 10.9. The predicted octanol–water partition coefficient (Wildman–Crippen LogP) is 2.04. The Bertz CT molecular complexity index is 455. The molecule has 1 aromatic rings. The Kier molecular flexibility index (Phi) is 4.92. The minimum atomic E-state index is -1.21. The van der Waals surface area contributed by atoms with Gasteiger partial charge in [-0.2, -0.15) is 0 Å². The first kappa shape index (κ1) is 14.3. The quantitative estimate of drug-likeness (QED) is 0.620. The van der Waals surface area contributed by atoms with Crippen LogP contribution >= 0.6 is 0 Å². The zero-order chi connectivity index (χ0) is 13.6. The second-order valence-electron chi connectivity index (χ2n) is 4.29. The van der Waals surface area contributed by atoms with E-state index in [-0.39, 0.29) is 12.5 Å². The highest BCUT2D eigenvalue weighted by Crippen LogP contribution is 2.21. The van der Waals surface area contributed by atoms with Gasteiger partial charge in [-0.3, -0.25) is 4.79 Å². The lowest BCUT2D eigenvalue weighted by atomic mass is 10.0. The minimum absolute atomic E-state index is 0.0962. The van der Waals surface area contributed by atoms with Gasteiger partial charge in [-0.25, -0.2) is 0 Å². The van der Waals surface area contributed by atoms with Crippen molar-refractivity contribution < 1.29 is 14.3 Å². The molecular weight excluding hydrogens is 230 g/mol. The number of nitrogens with one attached hydrogen (secondary N) is 1. The van der Waals surface area contributed by atoms with Crippen molar-refractivity contribution in [2.75, 3.05) is 6.54 Å². The van der Waals surface area contributed by atoms with E-state index in [1.165, 1.54) is 6.08 Å². The summed E-state index contributed by atoms with van der Waals surface area (Å²) in [5.74, 6) is 0.916. The minimum Gasteiger partial charge on any atom is -0.463 e. The molecule has 1 amide bonds. The molecule has 0 aliphatic rings. The van der Waals surface area contributed by atoms with E-state index in [1.54, 1.807) is 38.1 Å². The largest absolute Gasteiger partial charge is 0.463 e. The van der Waals surface area contributed by atoms with Crippen molar-refractivity contribution in [3.8, 4) is 0 Å². The van der Waals surface area contributed by atoms with Gasteiger partial charge in [0.15, 0.2) is 0 Å². The van der Waals surface area contributed by atoms with Crippen LogP contribution in [0.4, 0.5) is 0 Å². The number of amides is 1. The lowest BCUT2D eigenvalue weighted by molar-refractivity contribution is -0.117. The number of hydrogen-bond donors (Lipinski definition) is 2. The second-order valence-corrected chi connectivity index (χ2v) is 4.29. The third-order valence-electron chi connectivity index (χ3n) is 2.43. The molecule has 0 saturated carbocycles. The Balaban J connectivity index is 2.54. The van der Waals surface area contributed by atoms with Crippen LogP contribution in [0.15, 0.2) is 40.9 Å². The normalized spacial score (nSPS) is 15.1. The van der Waals surface area contributed by atoms with Crippen molar-refractivity contribution in [2.24, 2.45) is 0 Å². The van der Waals surface area contributed by atoms with E-state index >= 15 is 0 Å². The van der Waals surface area contributed by atoms with Gasteiger partial charge in [-0.15, -0.1) is 0 Å². The first-order chi connectivity index (χ1) is 8.45. The van der Waals surface area contributed by atoms with Crippen molar-refractivity contribution in [3.63, 3.8) is 0 Å². The Hall–Kier alpha value is -1.81. The van der Waals surface area contributed by atoms with Crippen LogP contribution in [0.2, 0.25) is 0 Å². The van der Waals surface area contributed by atoms with Crippen LogP contribution in [-0.2, 0) is 10.4 Å². The zero-order valence-electron chi connectivity index (χ0n) is 10.9. The highest BCUT2D eigenvalue weighted by atomic mass is 16.4. The maximum atomic E-state index is 11.4. The fraction of sp³-hybridized carbons (Fsp3) is 0.357. The fourth-order valence-corrected chi connectivity index (χ4v) is 1.38. The molecule has 1 atom stereocenters. The van der Waals surface area contributed by atoms with Gasteiger partial charge in [-0.05, 0) is 32.9 Å². The summed E-state index contributed by atoms with van der Waals surface area (Å²) < 4.78 is 5.35. The maximum Gasteiger partial charge on any atom is 0.244 e. The number of aryl methyl sites for hydroxylation is 1. The number of hydrogen-bond acceptors (Lipinski definition) is 3. The number of allylic oxidation sites excluding steroid dienone is 3. The molecule has 18 heavy (non-hydrogen) atoms. The van der Waals surface area contributed by atoms with Crippen molar-refractivity contribution in [2.45, 2.75) is 26.4 Å². The summed E-state index contributed by atoms with van der Waals surface area (Å²) in [5, 5.41) is 12.8. The average Bonchev–Trinajstić information content (AvgIpc) is 2.75. The SMILES string of the molecule is CC=CC=CC(=O)NCC(C)(O)c1ccc(C)o1. The van der Waals surface area contributed by atoms with Gasteiger partial charge in [0.1, 0.15) is 17.1 Å². The van der Waals surface area contributed by atoms with Crippen LogP contribution in [0.25, 0.3) is 0 Å². The van der Waals surface area contributed by atoms with Crippen LogP contribution in [0.1, 0.15) is 25.4 Å². The van der Waals surface area contributed by atoms with Gasteiger partial charge >= 0.3 is 0 Å². The topological polar surface area (TPSA) is 62.5 Å². The van der Waals surface area contributed by atoms with Crippen molar-refractivity contribution in [3.05, 3.63) is 48.0 Å². The van der Waals surface area contributed by atoms with Gasteiger partial charge < -0.3 is 14.8 Å². The van der Waals surface area contributed by atoms with Gasteiger partial charge in [0.05, 0.1) is 6.54 Å². The average molecular weight is 249 g/mol. The molecule has 0 radical (unpaired) electrons. The number of carbonyl (C=O) groups is 1. The highest BCUT2D eigenvalue weighted by molar-refractivity contribution is 5.87. The van der Waals surface area contributed by atoms with E-state index in [1.807, 2.05) is 13.0 Å². The molecule has 2 N–H and O–H groups in total.